The van der Waals surface area contributed by atoms with E-state index < -0.39 is 11.7 Å². The monoisotopic (exact) mass is 320 g/mol. The number of H-pyrrole nitrogens is 1. The lowest BCUT2D eigenvalue weighted by Gasteiger charge is -2.38. The van der Waals surface area contributed by atoms with Gasteiger partial charge in [0, 0.05) is 17.8 Å². The third-order valence-corrected chi connectivity index (χ3v) is 4.42. The van der Waals surface area contributed by atoms with E-state index in [0.29, 0.717) is 36.7 Å². The van der Waals surface area contributed by atoms with Crippen molar-refractivity contribution in [1.29, 1.82) is 0 Å². The summed E-state index contributed by atoms with van der Waals surface area (Å²) in [6.07, 6.45) is 1.07. The Hall–Kier alpha value is -2.38. The molecule has 2 amide bonds. The summed E-state index contributed by atoms with van der Waals surface area (Å²) in [4.78, 5) is 44.4. The Morgan fingerprint density at radius 1 is 1.39 bits per heavy atom. The minimum atomic E-state index is -0.627. The van der Waals surface area contributed by atoms with Crippen LogP contribution in [0.25, 0.3) is 0 Å². The van der Waals surface area contributed by atoms with E-state index in [-0.39, 0.29) is 17.9 Å². The Bertz CT molecular complexity index is 714. The Kier molecular flexibility index (Phi) is 3.83. The van der Waals surface area contributed by atoms with Gasteiger partial charge in [0.25, 0.3) is 5.56 Å². The van der Waals surface area contributed by atoms with Crippen LogP contribution in [0, 0.1) is 13.8 Å². The highest BCUT2D eigenvalue weighted by Crippen LogP contribution is 2.28. The first-order chi connectivity index (χ1) is 10.9. The molecule has 23 heavy (non-hydrogen) atoms. The summed E-state index contributed by atoms with van der Waals surface area (Å²) in [6, 6.07) is 0. The van der Waals surface area contributed by atoms with Crippen molar-refractivity contribution in [3.05, 3.63) is 27.4 Å². The Morgan fingerprint density at radius 2 is 2.17 bits per heavy atom. The van der Waals surface area contributed by atoms with E-state index in [1.54, 1.807) is 18.7 Å². The zero-order valence-corrected chi connectivity index (χ0v) is 13.3. The summed E-state index contributed by atoms with van der Waals surface area (Å²) in [7, 11) is 0. The van der Waals surface area contributed by atoms with Crippen LogP contribution in [0.5, 0.6) is 0 Å². The number of hydrogen-bond donors (Lipinski definition) is 2. The molecule has 0 unspecified atom stereocenters. The number of carbonyl (C=O) groups is 2. The van der Waals surface area contributed by atoms with Crippen molar-refractivity contribution >= 4 is 12.0 Å². The lowest BCUT2D eigenvalue weighted by molar-refractivity contribution is -0.136. The van der Waals surface area contributed by atoms with Crippen molar-refractivity contribution in [1.82, 2.24) is 20.2 Å². The molecule has 0 bridgehead atoms. The molecule has 3 heterocycles. The molecule has 1 spiro atoms. The van der Waals surface area contributed by atoms with Gasteiger partial charge in [-0.1, -0.05) is 0 Å². The third kappa shape index (κ3) is 3.06. The SMILES string of the molecule is Cc1nc(C)c(CC(=O)N2CCC[C@]3(CNC(=O)O3)C2)c(=O)[nH]1. The molecule has 3 rings (SSSR count). The molecular weight excluding hydrogens is 300 g/mol. The summed E-state index contributed by atoms with van der Waals surface area (Å²) in [5.41, 5.74) is 0.0592. The molecule has 1 atom stereocenters. The molecule has 2 fully saturated rings. The molecule has 0 aromatic carbocycles. The predicted molar refractivity (Wildman–Crippen MR) is 81.1 cm³/mol. The van der Waals surface area contributed by atoms with Crippen LogP contribution in [0.3, 0.4) is 0 Å². The smallest absolute Gasteiger partial charge is 0.407 e. The van der Waals surface area contributed by atoms with E-state index >= 15 is 0 Å². The summed E-state index contributed by atoms with van der Waals surface area (Å²) in [5, 5.41) is 2.65. The maximum atomic E-state index is 12.6. The van der Waals surface area contributed by atoms with Crippen molar-refractivity contribution in [3.63, 3.8) is 0 Å². The molecule has 1 aromatic heterocycles. The molecule has 2 aliphatic heterocycles. The molecule has 8 nitrogen and oxygen atoms in total. The first-order valence-electron chi connectivity index (χ1n) is 7.70. The van der Waals surface area contributed by atoms with E-state index in [1.807, 2.05) is 0 Å². The van der Waals surface area contributed by atoms with Gasteiger partial charge in [-0.3, -0.25) is 9.59 Å². The molecule has 8 heteroatoms. The molecule has 0 saturated carbocycles. The van der Waals surface area contributed by atoms with Gasteiger partial charge in [0.1, 0.15) is 11.4 Å². The van der Waals surface area contributed by atoms with Gasteiger partial charge in [-0.25, -0.2) is 9.78 Å². The number of piperidine rings is 1. The van der Waals surface area contributed by atoms with E-state index in [0.717, 1.165) is 12.8 Å². The summed E-state index contributed by atoms with van der Waals surface area (Å²) in [5.74, 6) is 0.385. The van der Waals surface area contributed by atoms with Gasteiger partial charge in [-0.15, -0.1) is 0 Å². The topological polar surface area (TPSA) is 104 Å². The summed E-state index contributed by atoms with van der Waals surface area (Å²) in [6.45, 7) is 4.82. The highest BCUT2D eigenvalue weighted by molar-refractivity contribution is 5.79. The minimum absolute atomic E-state index is 0.00585. The zero-order chi connectivity index (χ0) is 16.6. The fourth-order valence-electron chi connectivity index (χ4n) is 3.26. The Balaban J connectivity index is 1.74. The standard InChI is InChI=1S/C15H20N4O4/c1-9-11(13(21)18-10(2)17-9)6-12(20)19-5-3-4-15(8-19)7-16-14(22)23-15/h3-8H2,1-2H3,(H,16,22)(H,17,18,21)/t15-/m0/s1. The summed E-state index contributed by atoms with van der Waals surface area (Å²) < 4.78 is 5.36. The van der Waals surface area contributed by atoms with Gasteiger partial charge in [0.2, 0.25) is 5.91 Å². The van der Waals surface area contributed by atoms with Gasteiger partial charge in [-0.05, 0) is 26.7 Å². The molecule has 2 saturated heterocycles. The first-order valence-corrected chi connectivity index (χ1v) is 7.70. The van der Waals surface area contributed by atoms with Crippen LogP contribution >= 0.6 is 0 Å². The molecule has 2 N–H and O–H groups in total. The molecule has 0 radical (unpaired) electrons. The van der Waals surface area contributed by atoms with E-state index in [1.165, 1.54) is 0 Å². The Labute approximate surface area is 133 Å². The average Bonchev–Trinajstić information content (AvgIpc) is 2.83. The van der Waals surface area contributed by atoms with Crippen LogP contribution < -0.4 is 10.9 Å². The van der Waals surface area contributed by atoms with Gasteiger partial charge in [0.05, 0.1) is 19.5 Å². The number of amides is 2. The number of alkyl carbamates (subject to hydrolysis) is 1. The fourth-order valence-corrected chi connectivity index (χ4v) is 3.26. The predicted octanol–water partition coefficient (Wildman–Crippen LogP) is 0.0302. The third-order valence-electron chi connectivity index (χ3n) is 4.42. The van der Waals surface area contributed by atoms with E-state index in [4.69, 9.17) is 4.74 Å². The van der Waals surface area contributed by atoms with Gasteiger partial charge in [0.15, 0.2) is 0 Å². The van der Waals surface area contributed by atoms with Crippen molar-refractivity contribution in [2.75, 3.05) is 19.6 Å². The first kappa shape index (κ1) is 15.5. The van der Waals surface area contributed by atoms with E-state index in [2.05, 4.69) is 15.3 Å². The second-order valence-corrected chi connectivity index (χ2v) is 6.24. The van der Waals surface area contributed by atoms with Crippen LogP contribution in [0.2, 0.25) is 0 Å². The zero-order valence-electron chi connectivity index (χ0n) is 13.3. The fraction of sp³-hybridized carbons (Fsp3) is 0.600. The number of ether oxygens (including phenoxy) is 1. The number of hydrogen-bond acceptors (Lipinski definition) is 5. The number of aromatic amines is 1. The lowest BCUT2D eigenvalue weighted by atomic mass is 9.92. The highest BCUT2D eigenvalue weighted by Gasteiger charge is 2.44. The number of nitrogens with zero attached hydrogens (tertiary/aromatic N) is 2. The Morgan fingerprint density at radius 3 is 2.83 bits per heavy atom. The van der Waals surface area contributed by atoms with Crippen LogP contribution in [0.1, 0.15) is 29.9 Å². The quantitative estimate of drug-likeness (QED) is 0.800. The molecule has 1 aromatic rings. The maximum absolute atomic E-state index is 12.6. The van der Waals surface area contributed by atoms with Crippen molar-refractivity contribution in [3.8, 4) is 0 Å². The van der Waals surface area contributed by atoms with Crippen LogP contribution in [-0.4, -0.2) is 52.1 Å². The lowest BCUT2D eigenvalue weighted by Crippen LogP contribution is -2.52. The van der Waals surface area contributed by atoms with Crippen LogP contribution in [0.15, 0.2) is 4.79 Å². The number of nitrogens with one attached hydrogen (secondary N) is 2. The van der Waals surface area contributed by atoms with E-state index in [9.17, 15) is 14.4 Å². The normalized spacial score (nSPS) is 23.7. The molecular formula is C15H20N4O4. The summed E-state index contributed by atoms with van der Waals surface area (Å²) >= 11 is 0. The van der Waals surface area contributed by atoms with Crippen LogP contribution in [-0.2, 0) is 16.0 Å². The number of carbonyl (C=O) groups excluding carboxylic acids is 2. The van der Waals surface area contributed by atoms with Gasteiger partial charge >= 0.3 is 6.09 Å². The number of likely N-dealkylation sites (tertiary alicyclic amines) is 1. The second kappa shape index (κ2) is 5.68. The van der Waals surface area contributed by atoms with Crippen molar-refractivity contribution in [2.24, 2.45) is 0 Å². The van der Waals surface area contributed by atoms with Crippen molar-refractivity contribution < 1.29 is 14.3 Å². The number of aromatic nitrogens is 2. The number of rotatable bonds is 2. The molecule has 0 aliphatic carbocycles. The largest absolute Gasteiger partial charge is 0.439 e. The highest BCUT2D eigenvalue weighted by atomic mass is 16.6. The molecule has 2 aliphatic rings. The number of aryl methyl sites for hydroxylation is 2. The maximum Gasteiger partial charge on any atom is 0.407 e. The second-order valence-electron chi connectivity index (χ2n) is 6.24. The average molecular weight is 320 g/mol. The van der Waals surface area contributed by atoms with Gasteiger partial charge in [-0.2, -0.15) is 0 Å². The molecule has 124 valence electrons. The van der Waals surface area contributed by atoms with Crippen LogP contribution in [0.4, 0.5) is 4.79 Å². The minimum Gasteiger partial charge on any atom is -0.439 e. The van der Waals surface area contributed by atoms with Crippen molar-refractivity contribution in [2.45, 2.75) is 38.7 Å². The van der Waals surface area contributed by atoms with Gasteiger partial charge < -0.3 is 19.9 Å².